The molecule has 0 bridgehead atoms. The van der Waals surface area contributed by atoms with E-state index in [0.717, 1.165) is 24.2 Å². The number of nitrogens with one attached hydrogen (secondary N) is 1. The predicted molar refractivity (Wildman–Crippen MR) is 115 cm³/mol. The maximum absolute atomic E-state index is 12.9. The Morgan fingerprint density at radius 2 is 2.03 bits per heavy atom. The Balaban J connectivity index is 1.44. The van der Waals surface area contributed by atoms with E-state index in [-0.39, 0.29) is 41.3 Å². The molecule has 2 heterocycles. The van der Waals surface area contributed by atoms with Crippen LogP contribution in [0.4, 0.5) is 5.69 Å². The molecular weight excluding hydrogens is 472 g/mol. The number of hydrogen-bond donors (Lipinski definition) is 1. The second-order valence-electron chi connectivity index (χ2n) is 7.78. The van der Waals surface area contributed by atoms with Gasteiger partial charge in [0.15, 0.2) is 9.84 Å². The van der Waals surface area contributed by atoms with Crippen molar-refractivity contribution in [1.29, 1.82) is 0 Å². The van der Waals surface area contributed by atoms with Crippen molar-refractivity contribution in [2.75, 3.05) is 17.2 Å². The molecule has 9 heteroatoms. The summed E-state index contributed by atoms with van der Waals surface area (Å²) in [6, 6.07) is 6.92. The molecule has 2 aliphatic rings. The van der Waals surface area contributed by atoms with Crippen LogP contribution in [0, 0.1) is 12.8 Å². The van der Waals surface area contributed by atoms with Gasteiger partial charge in [0.1, 0.15) is 11.5 Å². The number of anilines is 1. The van der Waals surface area contributed by atoms with Crippen molar-refractivity contribution >= 4 is 43.3 Å². The number of furan rings is 1. The number of carbonyl (C=O) groups is 2. The number of rotatable bonds is 7. The molecule has 4 rings (SSSR count). The van der Waals surface area contributed by atoms with Crippen LogP contribution in [0.25, 0.3) is 0 Å². The van der Waals surface area contributed by atoms with Crippen LogP contribution in [0.5, 0.6) is 0 Å². The average Bonchev–Trinajstić information content (AvgIpc) is 3.35. The first kappa shape index (κ1) is 21.1. The Bertz CT molecular complexity index is 1100. The zero-order valence-electron chi connectivity index (χ0n) is 16.6. The zero-order chi connectivity index (χ0) is 21.5. The second-order valence-corrected chi connectivity index (χ2v) is 10.7. The summed E-state index contributed by atoms with van der Waals surface area (Å²) in [5, 5.41) is 2.67. The van der Waals surface area contributed by atoms with Gasteiger partial charge < -0.3 is 14.6 Å². The van der Waals surface area contributed by atoms with Gasteiger partial charge in [-0.3, -0.25) is 9.59 Å². The standard InChI is InChI=1S/C21H23BrN2O5S/c1-13-2-5-16(29-13)12-23-20(25)7-9-30(27,28)19-11-18-15(10-17(19)22)6-8-24(18)21(26)14-3-4-14/h2,5,10-11,14H,3-4,6-9,12H2,1H3,(H,23,25). The largest absolute Gasteiger partial charge is 0.465 e. The quantitative estimate of drug-likeness (QED) is 0.637. The van der Waals surface area contributed by atoms with Crippen molar-refractivity contribution in [2.24, 2.45) is 5.92 Å². The third-order valence-electron chi connectivity index (χ3n) is 5.41. The Labute approximate surface area is 183 Å². The van der Waals surface area contributed by atoms with Crippen LogP contribution < -0.4 is 10.2 Å². The van der Waals surface area contributed by atoms with Crippen molar-refractivity contribution in [3.8, 4) is 0 Å². The van der Waals surface area contributed by atoms with E-state index >= 15 is 0 Å². The highest BCUT2D eigenvalue weighted by atomic mass is 79.9. The number of fused-ring (bicyclic) bond motifs is 1. The third-order valence-corrected chi connectivity index (χ3v) is 8.08. The highest BCUT2D eigenvalue weighted by Gasteiger charge is 2.37. The van der Waals surface area contributed by atoms with Crippen molar-refractivity contribution in [1.82, 2.24) is 5.32 Å². The monoisotopic (exact) mass is 494 g/mol. The molecule has 1 saturated carbocycles. The minimum Gasteiger partial charge on any atom is -0.465 e. The molecule has 0 radical (unpaired) electrons. The molecule has 30 heavy (non-hydrogen) atoms. The predicted octanol–water partition coefficient (Wildman–Crippen LogP) is 3.13. The van der Waals surface area contributed by atoms with Crippen LogP contribution in [0.15, 0.2) is 38.1 Å². The number of nitrogens with zero attached hydrogens (tertiary/aromatic N) is 1. The first-order chi connectivity index (χ1) is 14.2. The van der Waals surface area contributed by atoms with Crippen LogP contribution >= 0.6 is 15.9 Å². The maximum Gasteiger partial charge on any atom is 0.230 e. The van der Waals surface area contributed by atoms with Gasteiger partial charge in [-0.1, -0.05) is 0 Å². The summed E-state index contributed by atoms with van der Waals surface area (Å²) in [5.74, 6) is 0.830. The molecule has 1 aromatic heterocycles. The first-order valence-electron chi connectivity index (χ1n) is 9.93. The highest BCUT2D eigenvalue weighted by molar-refractivity contribution is 9.10. The average molecular weight is 495 g/mol. The van der Waals surface area contributed by atoms with Gasteiger partial charge in [-0.2, -0.15) is 0 Å². The third kappa shape index (κ3) is 4.46. The van der Waals surface area contributed by atoms with E-state index in [1.165, 1.54) is 0 Å². The van der Waals surface area contributed by atoms with Gasteiger partial charge in [0.2, 0.25) is 11.8 Å². The van der Waals surface area contributed by atoms with Crippen LogP contribution in [0.1, 0.15) is 36.3 Å². The van der Waals surface area contributed by atoms with Gasteiger partial charge in [0.05, 0.1) is 17.2 Å². The lowest BCUT2D eigenvalue weighted by molar-refractivity contribution is -0.121. The van der Waals surface area contributed by atoms with E-state index in [1.54, 1.807) is 29.2 Å². The van der Waals surface area contributed by atoms with Crippen LogP contribution in [-0.4, -0.2) is 32.5 Å². The van der Waals surface area contributed by atoms with Crippen molar-refractivity contribution in [2.45, 2.75) is 44.0 Å². The number of benzene rings is 1. The van der Waals surface area contributed by atoms with E-state index in [0.29, 0.717) is 28.9 Å². The summed E-state index contributed by atoms with van der Waals surface area (Å²) in [5.41, 5.74) is 1.63. The number of carbonyl (C=O) groups excluding carboxylic acids is 2. The van der Waals surface area contributed by atoms with Gasteiger partial charge >= 0.3 is 0 Å². The van der Waals surface area contributed by atoms with Gasteiger partial charge in [-0.15, -0.1) is 0 Å². The number of hydrogen-bond acceptors (Lipinski definition) is 5. The Kier molecular flexibility index (Phi) is 5.76. The fraction of sp³-hybridized carbons (Fsp3) is 0.429. The van der Waals surface area contributed by atoms with E-state index < -0.39 is 9.84 Å². The fourth-order valence-electron chi connectivity index (χ4n) is 3.60. The van der Waals surface area contributed by atoms with Crippen molar-refractivity contribution in [3.05, 3.63) is 45.8 Å². The van der Waals surface area contributed by atoms with E-state index in [1.807, 2.05) is 6.92 Å². The fourth-order valence-corrected chi connectivity index (χ4v) is 6.05. The lowest BCUT2D eigenvalue weighted by Crippen LogP contribution is -2.30. The summed E-state index contributed by atoms with van der Waals surface area (Å²) in [4.78, 5) is 26.5. The molecule has 1 aromatic carbocycles. The summed E-state index contributed by atoms with van der Waals surface area (Å²) >= 11 is 3.36. The normalized spacial score (nSPS) is 15.9. The van der Waals surface area contributed by atoms with Crippen LogP contribution in [0.2, 0.25) is 0 Å². The molecule has 1 aliphatic carbocycles. The second kappa shape index (κ2) is 8.19. The molecule has 2 aromatic rings. The molecule has 0 unspecified atom stereocenters. The molecule has 160 valence electrons. The van der Waals surface area contributed by atoms with Gasteiger partial charge in [0, 0.05) is 29.0 Å². The number of aryl methyl sites for hydroxylation is 1. The van der Waals surface area contributed by atoms with Crippen LogP contribution in [0.3, 0.4) is 0 Å². The molecule has 7 nitrogen and oxygen atoms in total. The van der Waals surface area contributed by atoms with Crippen molar-refractivity contribution in [3.63, 3.8) is 0 Å². The molecule has 0 spiro atoms. The van der Waals surface area contributed by atoms with Gasteiger partial charge in [0.25, 0.3) is 0 Å². The first-order valence-corrected chi connectivity index (χ1v) is 12.4. The molecule has 1 N–H and O–H groups in total. The number of amides is 2. The maximum atomic E-state index is 12.9. The summed E-state index contributed by atoms with van der Waals surface area (Å²) in [7, 11) is -3.71. The summed E-state index contributed by atoms with van der Waals surface area (Å²) in [6.07, 6.45) is 2.36. The number of sulfone groups is 1. The summed E-state index contributed by atoms with van der Waals surface area (Å²) in [6.45, 7) is 2.61. The smallest absolute Gasteiger partial charge is 0.230 e. The summed E-state index contributed by atoms with van der Waals surface area (Å²) < 4.78 is 31.7. The van der Waals surface area contributed by atoms with Gasteiger partial charge in [-0.05, 0) is 71.9 Å². The van der Waals surface area contributed by atoms with Gasteiger partial charge in [-0.25, -0.2) is 8.42 Å². The van der Waals surface area contributed by atoms with E-state index in [4.69, 9.17) is 4.42 Å². The Morgan fingerprint density at radius 1 is 1.27 bits per heavy atom. The minimum atomic E-state index is -3.71. The van der Waals surface area contributed by atoms with E-state index in [2.05, 4.69) is 21.2 Å². The molecule has 1 fully saturated rings. The molecular formula is C21H23BrN2O5S. The minimum absolute atomic E-state index is 0.0706. The SMILES string of the molecule is Cc1ccc(CNC(=O)CCS(=O)(=O)c2cc3c(cc2Br)CCN3C(=O)C2CC2)o1. The Hall–Kier alpha value is -2.13. The number of halogens is 1. The molecule has 1 aliphatic heterocycles. The van der Waals surface area contributed by atoms with E-state index in [9.17, 15) is 18.0 Å². The lowest BCUT2D eigenvalue weighted by Gasteiger charge is -2.18. The zero-order valence-corrected chi connectivity index (χ0v) is 19.0. The molecule has 2 amide bonds. The van der Waals surface area contributed by atoms with Crippen molar-refractivity contribution < 1.29 is 22.4 Å². The van der Waals surface area contributed by atoms with Crippen LogP contribution in [-0.2, 0) is 32.4 Å². The Morgan fingerprint density at radius 3 is 2.70 bits per heavy atom. The lowest BCUT2D eigenvalue weighted by atomic mass is 10.2. The molecule has 0 atom stereocenters. The highest BCUT2D eigenvalue weighted by Crippen LogP contribution is 2.39. The molecule has 0 saturated heterocycles. The topological polar surface area (TPSA) is 96.7 Å².